The van der Waals surface area contributed by atoms with E-state index in [2.05, 4.69) is 20.7 Å². The largest absolute Gasteiger partial charge is 0.326 e. The first-order valence-electron chi connectivity index (χ1n) is 5.45. The lowest BCUT2D eigenvalue weighted by molar-refractivity contribution is 0.581. The number of nitrogens with two attached hydrogens (primary N) is 1. The molecule has 0 amide bonds. The molecule has 0 unspecified atom stereocenters. The fourth-order valence-electron chi connectivity index (χ4n) is 1.58. The van der Waals surface area contributed by atoms with Crippen molar-refractivity contribution in [3.63, 3.8) is 0 Å². The highest BCUT2D eigenvalue weighted by atomic mass is 79.9. The topological polar surface area (TPSA) is 72.2 Å². The molecule has 104 valence electrons. The molecule has 0 fully saturated rings. The van der Waals surface area contributed by atoms with Gasteiger partial charge in [0.2, 0.25) is 10.0 Å². The number of aryl methyl sites for hydroxylation is 1. The fourth-order valence-corrected chi connectivity index (χ4v) is 5.62. The molecular formula is C11H13BrN2O2S3. The Hall–Kier alpha value is -0.250. The molecule has 4 nitrogen and oxygen atoms in total. The summed E-state index contributed by atoms with van der Waals surface area (Å²) >= 11 is 6.28. The Labute approximate surface area is 128 Å². The predicted octanol–water partition coefficient (Wildman–Crippen LogP) is 2.82. The number of nitrogens with one attached hydrogen (secondary N) is 1. The molecule has 0 bridgehead atoms. The van der Waals surface area contributed by atoms with Crippen LogP contribution in [0.1, 0.15) is 14.6 Å². The quantitative estimate of drug-likeness (QED) is 0.837. The molecular weight excluding hydrogens is 368 g/mol. The van der Waals surface area contributed by atoms with Crippen LogP contribution in [0, 0.1) is 6.92 Å². The Morgan fingerprint density at radius 1 is 1.32 bits per heavy atom. The van der Waals surface area contributed by atoms with Crippen LogP contribution in [-0.2, 0) is 23.1 Å². The number of hydrogen-bond acceptors (Lipinski definition) is 5. The Balaban J connectivity index is 2.15. The summed E-state index contributed by atoms with van der Waals surface area (Å²) in [6, 6.07) is 5.44. The Kier molecular flexibility index (Phi) is 4.80. The van der Waals surface area contributed by atoms with E-state index in [1.165, 1.54) is 22.7 Å². The zero-order valence-electron chi connectivity index (χ0n) is 10.1. The first-order valence-corrected chi connectivity index (χ1v) is 9.36. The fraction of sp³-hybridized carbons (Fsp3) is 0.273. The summed E-state index contributed by atoms with van der Waals surface area (Å²) in [5, 5.41) is 0. The van der Waals surface area contributed by atoms with Crippen molar-refractivity contribution in [2.24, 2.45) is 5.73 Å². The van der Waals surface area contributed by atoms with Gasteiger partial charge in [-0.15, -0.1) is 22.7 Å². The standard InChI is InChI=1S/C11H13BrN2O2S3/c1-7-10(4-9(5-13)17-7)19(15,16)14-6-8-2-3-11(12)18-8/h2-4,14H,5-6,13H2,1H3. The van der Waals surface area contributed by atoms with E-state index < -0.39 is 10.0 Å². The normalized spacial score (nSPS) is 11.9. The minimum Gasteiger partial charge on any atom is -0.326 e. The molecule has 0 saturated heterocycles. The number of thiophene rings is 2. The van der Waals surface area contributed by atoms with Crippen molar-refractivity contribution in [1.82, 2.24) is 4.72 Å². The third-order valence-electron chi connectivity index (χ3n) is 2.48. The van der Waals surface area contributed by atoms with Gasteiger partial charge in [0.1, 0.15) is 0 Å². The number of rotatable bonds is 5. The number of halogens is 1. The van der Waals surface area contributed by atoms with Crippen LogP contribution in [0.15, 0.2) is 26.9 Å². The zero-order chi connectivity index (χ0) is 14.0. The van der Waals surface area contributed by atoms with Crippen molar-refractivity contribution in [1.29, 1.82) is 0 Å². The second-order valence-corrected chi connectivity index (χ2v) is 9.49. The zero-order valence-corrected chi connectivity index (χ0v) is 14.2. The van der Waals surface area contributed by atoms with E-state index in [1.54, 1.807) is 13.0 Å². The van der Waals surface area contributed by atoms with Crippen molar-refractivity contribution in [3.05, 3.63) is 36.6 Å². The summed E-state index contributed by atoms with van der Waals surface area (Å²) in [7, 11) is -3.47. The van der Waals surface area contributed by atoms with E-state index in [4.69, 9.17) is 5.73 Å². The highest BCUT2D eigenvalue weighted by Crippen LogP contribution is 2.26. The second kappa shape index (κ2) is 6.02. The molecule has 0 saturated carbocycles. The molecule has 0 spiro atoms. The molecule has 2 heterocycles. The maximum absolute atomic E-state index is 12.2. The summed E-state index contributed by atoms with van der Waals surface area (Å²) in [5.41, 5.74) is 5.53. The smallest absolute Gasteiger partial charge is 0.242 e. The van der Waals surface area contributed by atoms with E-state index in [0.29, 0.717) is 18.0 Å². The van der Waals surface area contributed by atoms with Crippen LogP contribution in [0.3, 0.4) is 0 Å². The molecule has 0 aliphatic heterocycles. The molecule has 3 N–H and O–H groups in total. The van der Waals surface area contributed by atoms with Gasteiger partial charge in [-0.05, 0) is 41.1 Å². The molecule has 0 aliphatic rings. The first-order chi connectivity index (χ1) is 8.92. The minimum atomic E-state index is -3.47. The summed E-state index contributed by atoms with van der Waals surface area (Å²) in [4.78, 5) is 2.92. The minimum absolute atomic E-state index is 0.297. The summed E-state index contributed by atoms with van der Waals surface area (Å²) in [6.07, 6.45) is 0. The number of sulfonamides is 1. The van der Waals surface area contributed by atoms with Gasteiger partial charge in [-0.3, -0.25) is 0 Å². The molecule has 0 radical (unpaired) electrons. The van der Waals surface area contributed by atoms with Crippen LogP contribution < -0.4 is 10.5 Å². The highest BCUT2D eigenvalue weighted by Gasteiger charge is 2.19. The summed E-state index contributed by atoms with van der Waals surface area (Å²) in [6.45, 7) is 2.45. The van der Waals surface area contributed by atoms with Crippen LogP contribution in [0.25, 0.3) is 0 Å². The Bertz CT molecular complexity index is 676. The van der Waals surface area contributed by atoms with Crippen molar-refractivity contribution >= 4 is 48.6 Å². The molecule has 19 heavy (non-hydrogen) atoms. The molecule has 0 aliphatic carbocycles. The van der Waals surface area contributed by atoms with Crippen molar-refractivity contribution in [3.8, 4) is 0 Å². The van der Waals surface area contributed by atoms with E-state index >= 15 is 0 Å². The monoisotopic (exact) mass is 380 g/mol. The summed E-state index contributed by atoms with van der Waals surface area (Å²) < 4.78 is 28.0. The average Bonchev–Trinajstić information content (AvgIpc) is 2.93. The Morgan fingerprint density at radius 2 is 2.05 bits per heavy atom. The molecule has 0 atom stereocenters. The lowest BCUT2D eigenvalue weighted by atomic mass is 10.4. The van der Waals surface area contributed by atoms with Crippen LogP contribution in [0.5, 0.6) is 0 Å². The molecule has 0 aromatic carbocycles. The third-order valence-corrected chi connectivity index (χ3v) is 6.83. The van der Waals surface area contributed by atoms with E-state index in [1.807, 2.05) is 12.1 Å². The lowest BCUT2D eigenvalue weighted by Gasteiger charge is -2.04. The Morgan fingerprint density at radius 3 is 2.58 bits per heavy atom. The van der Waals surface area contributed by atoms with Gasteiger partial charge < -0.3 is 5.73 Å². The van der Waals surface area contributed by atoms with Gasteiger partial charge in [0.25, 0.3) is 0 Å². The molecule has 2 rings (SSSR count). The lowest BCUT2D eigenvalue weighted by Crippen LogP contribution is -2.22. The van der Waals surface area contributed by atoms with Gasteiger partial charge in [-0.25, -0.2) is 13.1 Å². The van der Waals surface area contributed by atoms with Crippen LogP contribution >= 0.6 is 38.6 Å². The molecule has 2 aromatic rings. The number of hydrogen-bond donors (Lipinski definition) is 2. The molecule has 2 aromatic heterocycles. The van der Waals surface area contributed by atoms with E-state index in [9.17, 15) is 8.42 Å². The van der Waals surface area contributed by atoms with Gasteiger partial charge in [-0.2, -0.15) is 0 Å². The van der Waals surface area contributed by atoms with Crippen molar-refractivity contribution in [2.45, 2.75) is 24.9 Å². The van der Waals surface area contributed by atoms with Crippen LogP contribution in [-0.4, -0.2) is 8.42 Å². The van der Waals surface area contributed by atoms with Gasteiger partial charge in [0.15, 0.2) is 0 Å². The first kappa shape index (κ1) is 15.1. The third kappa shape index (κ3) is 3.65. The SMILES string of the molecule is Cc1sc(CN)cc1S(=O)(=O)NCc1ccc(Br)s1. The second-order valence-electron chi connectivity index (χ2n) is 3.87. The maximum atomic E-state index is 12.2. The summed E-state index contributed by atoms with van der Waals surface area (Å²) in [5.74, 6) is 0. The maximum Gasteiger partial charge on any atom is 0.242 e. The van der Waals surface area contributed by atoms with Gasteiger partial charge in [0.05, 0.1) is 8.68 Å². The van der Waals surface area contributed by atoms with Gasteiger partial charge in [-0.1, -0.05) is 0 Å². The molecule has 8 heteroatoms. The van der Waals surface area contributed by atoms with E-state index in [0.717, 1.165) is 18.4 Å². The van der Waals surface area contributed by atoms with E-state index in [-0.39, 0.29) is 0 Å². The van der Waals surface area contributed by atoms with Crippen LogP contribution in [0.4, 0.5) is 0 Å². The van der Waals surface area contributed by atoms with Crippen molar-refractivity contribution in [2.75, 3.05) is 0 Å². The van der Waals surface area contributed by atoms with Crippen LogP contribution in [0.2, 0.25) is 0 Å². The average molecular weight is 381 g/mol. The predicted molar refractivity (Wildman–Crippen MR) is 83.0 cm³/mol. The van der Waals surface area contributed by atoms with Gasteiger partial charge in [0, 0.05) is 27.7 Å². The van der Waals surface area contributed by atoms with Gasteiger partial charge >= 0.3 is 0 Å². The van der Waals surface area contributed by atoms with Crippen molar-refractivity contribution < 1.29 is 8.42 Å². The highest BCUT2D eigenvalue weighted by molar-refractivity contribution is 9.11.